The van der Waals surface area contributed by atoms with Crippen LogP contribution in [0.3, 0.4) is 0 Å². The van der Waals surface area contributed by atoms with Gasteiger partial charge in [-0.25, -0.2) is 9.79 Å². The second-order valence-corrected chi connectivity index (χ2v) is 8.42. The number of ether oxygens (including phenoxy) is 1. The number of allylic oxidation sites excluding steroid dienone is 1. The van der Waals surface area contributed by atoms with E-state index in [2.05, 4.69) is 4.99 Å². The molecule has 0 bridgehead atoms. The predicted molar refractivity (Wildman–Crippen MR) is 120 cm³/mol. The number of nitro benzene ring substituents is 1. The van der Waals surface area contributed by atoms with Crippen LogP contribution in [-0.2, 0) is 9.53 Å². The fraction of sp³-hybridized carbons (Fsp3) is 0.136. The first-order valence-corrected chi connectivity index (χ1v) is 10.6. The highest BCUT2D eigenvalue weighted by molar-refractivity contribution is 7.07. The molecule has 1 atom stereocenters. The first-order valence-electron chi connectivity index (χ1n) is 9.41. The summed E-state index contributed by atoms with van der Waals surface area (Å²) in [6, 6.07) is 12.1. The van der Waals surface area contributed by atoms with Crippen molar-refractivity contribution in [3.05, 3.63) is 106 Å². The van der Waals surface area contributed by atoms with E-state index in [1.807, 2.05) is 0 Å². The maximum Gasteiger partial charge on any atom is 0.338 e. The summed E-state index contributed by atoms with van der Waals surface area (Å²) in [5.41, 5.74) is 1.44. The molecular weight excluding hydrogens is 454 g/mol. The molecule has 162 valence electrons. The predicted octanol–water partition coefficient (Wildman–Crippen LogP) is 2.97. The number of aromatic nitrogens is 1. The fourth-order valence-corrected chi connectivity index (χ4v) is 4.71. The van der Waals surface area contributed by atoms with Gasteiger partial charge in [0.15, 0.2) is 4.80 Å². The maximum absolute atomic E-state index is 13.4. The highest BCUT2D eigenvalue weighted by Crippen LogP contribution is 2.31. The summed E-state index contributed by atoms with van der Waals surface area (Å²) in [5, 5.41) is 11.6. The third kappa shape index (κ3) is 3.88. The largest absolute Gasteiger partial charge is 0.466 e. The number of carbonyl (C=O) groups is 1. The Labute approximate surface area is 190 Å². The fourth-order valence-electron chi connectivity index (χ4n) is 3.53. The summed E-state index contributed by atoms with van der Waals surface area (Å²) in [4.78, 5) is 41.5. The molecular formula is C22H16ClN3O5S. The van der Waals surface area contributed by atoms with E-state index in [4.69, 9.17) is 16.3 Å². The summed E-state index contributed by atoms with van der Waals surface area (Å²) in [7, 11) is 1.27. The van der Waals surface area contributed by atoms with Crippen molar-refractivity contribution in [3.63, 3.8) is 0 Å². The van der Waals surface area contributed by atoms with E-state index in [1.165, 1.54) is 23.8 Å². The van der Waals surface area contributed by atoms with Crippen molar-refractivity contribution < 1.29 is 14.5 Å². The third-order valence-corrected chi connectivity index (χ3v) is 6.23. The van der Waals surface area contributed by atoms with Crippen LogP contribution in [0.5, 0.6) is 0 Å². The highest BCUT2D eigenvalue weighted by Gasteiger charge is 2.33. The number of carbonyl (C=O) groups excluding carboxylic acids is 1. The number of rotatable bonds is 4. The van der Waals surface area contributed by atoms with E-state index in [0.29, 0.717) is 31.2 Å². The SMILES string of the molecule is COC(=O)C1=C(C)N=c2sc(=Cc3cccc([N+](=O)[O-])c3)c(=O)n2C1c1ccc(Cl)cc1. The van der Waals surface area contributed by atoms with E-state index >= 15 is 0 Å². The second-order valence-electron chi connectivity index (χ2n) is 6.98. The Morgan fingerprint density at radius 1 is 1.28 bits per heavy atom. The van der Waals surface area contributed by atoms with E-state index in [0.717, 1.165) is 11.3 Å². The molecule has 0 radical (unpaired) electrons. The Kier molecular flexibility index (Phi) is 5.77. The monoisotopic (exact) mass is 469 g/mol. The van der Waals surface area contributed by atoms with E-state index in [-0.39, 0.29) is 16.8 Å². The molecule has 1 aliphatic rings. The Morgan fingerprint density at radius 3 is 2.66 bits per heavy atom. The molecule has 0 spiro atoms. The number of thiazole rings is 1. The Bertz CT molecular complexity index is 1450. The van der Waals surface area contributed by atoms with Crippen molar-refractivity contribution in [2.24, 2.45) is 4.99 Å². The van der Waals surface area contributed by atoms with Gasteiger partial charge in [-0.3, -0.25) is 19.5 Å². The number of non-ortho nitro benzene ring substituents is 1. The molecule has 0 saturated carbocycles. The lowest BCUT2D eigenvalue weighted by atomic mass is 9.96. The summed E-state index contributed by atoms with van der Waals surface area (Å²) in [5.74, 6) is -0.584. The van der Waals surface area contributed by atoms with Gasteiger partial charge in [-0.1, -0.05) is 47.2 Å². The molecule has 1 aliphatic heterocycles. The van der Waals surface area contributed by atoms with Crippen LogP contribution in [0.2, 0.25) is 5.02 Å². The zero-order valence-corrected chi connectivity index (χ0v) is 18.5. The van der Waals surface area contributed by atoms with Crippen LogP contribution in [-0.4, -0.2) is 22.6 Å². The van der Waals surface area contributed by atoms with Crippen molar-refractivity contribution >= 4 is 40.7 Å². The van der Waals surface area contributed by atoms with Gasteiger partial charge in [0.05, 0.1) is 33.9 Å². The molecule has 0 saturated heterocycles. The molecule has 0 N–H and O–H groups in total. The molecule has 1 aromatic heterocycles. The molecule has 3 aromatic rings. The minimum Gasteiger partial charge on any atom is -0.466 e. The van der Waals surface area contributed by atoms with E-state index < -0.39 is 16.9 Å². The lowest BCUT2D eigenvalue weighted by molar-refractivity contribution is -0.384. The molecule has 0 amide bonds. The van der Waals surface area contributed by atoms with Gasteiger partial charge < -0.3 is 4.74 Å². The minimum atomic E-state index is -0.747. The van der Waals surface area contributed by atoms with Gasteiger partial charge in [0.25, 0.3) is 11.2 Å². The zero-order valence-electron chi connectivity index (χ0n) is 16.9. The number of halogens is 1. The number of nitro groups is 1. The maximum atomic E-state index is 13.4. The van der Waals surface area contributed by atoms with Crippen LogP contribution in [0.15, 0.2) is 69.6 Å². The van der Waals surface area contributed by atoms with Crippen molar-refractivity contribution in [2.75, 3.05) is 7.11 Å². The van der Waals surface area contributed by atoms with Crippen LogP contribution in [0, 0.1) is 10.1 Å². The van der Waals surface area contributed by atoms with Crippen LogP contribution >= 0.6 is 22.9 Å². The number of fused-ring (bicyclic) bond motifs is 1. The van der Waals surface area contributed by atoms with Crippen molar-refractivity contribution in [1.29, 1.82) is 0 Å². The normalized spacial score (nSPS) is 15.8. The zero-order chi connectivity index (χ0) is 23.0. The van der Waals surface area contributed by atoms with Gasteiger partial charge >= 0.3 is 5.97 Å². The van der Waals surface area contributed by atoms with E-state index in [1.54, 1.807) is 49.4 Å². The van der Waals surface area contributed by atoms with Gasteiger partial charge in [-0.15, -0.1) is 0 Å². The summed E-state index contributed by atoms with van der Waals surface area (Å²) < 4.78 is 6.74. The number of benzene rings is 2. The molecule has 2 heterocycles. The number of hydrogen-bond donors (Lipinski definition) is 0. The molecule has 0 aliphatic carbocycles. The van der Waals surface area contributed by atoms with E-state index in [9.17, 15) is 19.7 Å². The van der Waals surface area contributed by atoms with Gasteiger partial charge in [0, 0.05) is 17.2 Å². The van der Waals surface area contributed by atoms with Gasteiger partial charge in [0.2, 0.25) is 0 Å². The van der Waals surface area contributed by atoms with Crippen LogP contribution in [0.4, 0.5) is 5.69 Å². The lowest BCUT2D eigenvalue weighted by Gasteiger charge is -2.24. The molecule has 2 aromatic carbocycles. The highest BCUT2D eigenvalue weighted by atomic mass is 35.5. The average Bonchev–Trinajstić information content (AvgIpc) is 3.07. The summed E-state index contributed by atoms with van der Waals surface area (Å²) in [6.07, 6.45) is 1.58. The first kappa shape index (κ1) is 21.7. The smallest absolute Gasteiger partial charge is 0.338 e. The number of hydrogen-bond acceptors (Lipinski definition) is 7. The van der Waals surface area contributed by atoms with Crippen LogP contribution < -0.4 is 14.9 Å². The topological polar surface area (TPSA) is 104 Å². The quantitative estimate of drug-likeness (QED) is 0.332. The van der Waals surface area contributed by atoms with Crippen molar-refractivity contribution in [1.82, 2.24) is 4.57 Å². The number of nitrogens with zero attached hydrogens (tertiary/aromatic N) is 3. The molecule has 1 unspecified atom stereocenters. The standard InChI is InChI=1S/C22H16ClN3O5S/c1-12-18(21(28)31-2)19(14-6-8-15(23)9-7-14)25-20(27)17(32-22(25)24-12)11-13-4-3-5-16(10-13)26(29)30/h3-11,19H,1-2H3. The van der Waals surface area contributed by atoms with Gasteiger partial charge in [0.1, 0.15) is 0 Å². The molecule has 10 heteroatoms. The second kappa shape index (κ2) is 8.52. The lowest BCUT2D eigenvalue weighted by Crippen LogP contribution is -2.39. The van der Waals surface area contributed by atoms with Crippen LogP contribution in [0.25, 0.3) is 6.08 Å². The first-order chi connectivity index (χ1) is 15.3. The number of esters is 1. The summed E-state index contributed by atoms with van der Waals surface area (Å²) in [6.45, 7) is 1.69. The van der Waals surface area contributed by atoms with Gasteiger partial charge in [-0.2, -0.15) is 0 Å². The van der Waals surface area contributed by atoms with Gasteiger partial charge in [-0.05, 0) is 36.3 Å². The average molecular weight is 470 g/mol. The number of methoxy groups -OCH3 is 1. The Morgan fingerprint density at radius 2 is 2.00 bits per heavy atom. The minimum absolute atomic E-state index is 0.0746. The molecule has 32 heavy (non-hydrogen) atoms. The third-order valence-electron chi connectivity index (χ3n) is 4.99. The molecule has 8 nitrogen and oxygen atoms in total. The Hall–Kier alpha value is -3.56. The molecule has 0 fully saturated rings. The van der Waals surface area contributed by atoms with Crippen LogP contribution in [0.1, 0.15) is 24.1 Å². The van der Waals surface area contributed by atoms with Crippen molar-refractivity contribution in [3.8, 4) is 0 Å². The molecule has 4 rings (SSSR count). The Balaban J connectivity index is 1.95. The van der Waals surface area contributed by atoms with Crippen molar-refractivity contribution in [2.45, 2.75) is 13.0 Å². The summed E-state index contributed by atoms with van der Waals surface area (Å²) >= 11 is 7.17.